The van der Waals surface area contributed by atoms with E-state index in [1.807, 2.05) is 11.4 Å². The Morgan fingerprint density at radius 2 is 2.56 bits per heavy atom. The molecule has 0 saturated heterocycles. The normalized spacial score (nSPS) is 8.89. The first kappa shape index (κ1) is 6.31. The molecule has 0 saturated carbocycles. The van der Waals surface area contributed by atoms with E-state index in [1.165, 1.54) is 16.9 Å². The van der Waals surface area contributed by atoms with Crippen molar-refractivity contribution in [2.45, 2.75) is 13.3 Å². The lowest BCUT2D eigenvalue weighted by atomic mass is 10.2. The quantitative estimate of drug-likeness (QED) is 0.582. The third kappa shape index (κ3) is 1.11. The molecule has 1 rings (SSSR count). The van der Waals surface area contributed by atoms with E-state index >= 15 is 0 Å². The third-order valence-corrected chi connectivity index (χ3v) is 2.09. The van der Waals surface area contributed by atoms with Gasteiger partial charge >= 0.3 is 0 Å². The zero-order valence-electron chi connectivity index (χ0n) is 5.22. The zero-order valence-corrected chi connectivity index (χ0v) is 6.03. The van der Waals surface area contributed by atoms with E-state index in [0.29, 0.717) is 0 Å². The minimum atomic E-state index is 0.859. The summed E-state index contributed by atoms with van der Waals surface area (Å²) in [6, 6.07) is 4.15. The molecule has 0 aromatic carbocycles. The predicted molar refractivity (Wildman–Crippen MR) is 38.4 cm³/mol. The molecule has 1 aromatic rings. The van der Waals surface area contributed by atoms with E-state index in [9.17, 15) is 0 Å². The van der Waals surface area contributed by atoms with Crippen molar-refractivity contribution in [3.8, 4) is 6.07 Å². The van der Waals surface area contributed by atoms with Gasteiger partial charge in [0.25, 0.3) is 0 Å². The second-order valence-electron chi connectivity index (χ2n) is 1.74. The summed E-state index contributed by atoms with van der Waals surface area (Å²) in [5.74, 6) is 0. The molecule has 9 heavy (non-hydrogen) atoms. The maximum absolute atomic E-state index is 8.50. The van der Waals surface area contributed by atoms with E-state index in [0.717, 1.165) is 11.3 Å². The highest BCUT2D eigenvalue weighted by molar-refractivity contribution is 7.10. The van der Waals surface area contributed by atoms with Gasteiger partial charge in [-0.15, -0.1) is 11.3 Å². The molecule has 0 amide bonds. The smallest absolute Gasteiger partial charge is 0.110 e. The highest BCUT2D eigenvalue weighted by Gasteiger charge is 1.97. The van der Waals surface area contributed by atoms with Gasteiger partial charge in [-0.05, 0) is 23.4 Å². The molecule has 0 spiro atoms. The first-order valence-electron chi connectivity index (χ1n) is 2.85. The Kier molecular flexibility index (Phi) is 1.86. The number of thiophene rings is 1. The molecular formula is C7H7NS. The number of aryl methyl sites for hydroxylation is 1. The van der Waals surface area contributed by atoms with Crippen LogP contribution in [0.2, 0.25) is 0 Å². The van der Waals surface area contributed by atoms with E-state index in [1.54, 1.807) is 0 Å². The summed E-state index contributed by atoms with van der Waals surface area (Å²) in [5.41, 5.74) is 1.17. The third-order valence-electron chi connectivity index (χ3n) is 1.23. The lowest BCUT2D eigenvalue weighted by Gasteiger charge is -1.85. The molecule has 1 aromatic heterocycles. The molecule has 2 heteroatoms. The Morgan fingerprint density at radius 3 is 3.00 bits per heavy atom. The number of hydrogen-bond acceptors (Lipinski definition) is 2. The lowest BCUT2D eigenvalue weighted by Crippen LogP contribution is -1.75. The second-order valence-corrected chi connectivity index (χ2v) is 2.66. The van der Waals surface area contributed by atoms with Crippen molar-refractivity contribution in [1.82, 2.24) is 0 Å². The Bertz CT molecular complexity index is 231. The van der Waals surface area contributed by atoms with Crippen LogP contribution < -0.4 is 0 Å². The zero-order chi connectivity index (χ0) is 6.69. The monoisotopic (exact) mass is 137 g/mol. The van der Waals surface area contributed by atoms with Crippen molar-refractivity contribution in [2.75, 3.05) is 0 Å². The molecule has 0 aliphatic carbocycles. The van der Waals surface area contributed by atoms with E-state index in [4.69, 9.17) is 5.26 Å². The van der Waals surface area contributed by atoms with Crippen molar-refractivity contribution >= 4 is 11.3 Å². The van der Waals surface area contributed by atoms with E-state index < -0.39 is 0 Å². The van der Waals surface area contributed by atoms with Gasteiger partial charge in [-0.3, -0.25) is 0 Å². The Hall–Kier alpha value is -0.810. The average molecular weight is 137 g/mol. The van der Waals surface area contributed by atoms with Crippen LogP contribution in [0.1, 0.15) is 17.4 Å². The van der Waals surface area contributed by atoms with Crippen molar-refractivity contribution in [3.63, 3.8) is 0 Å². The minimum absolute atomic E-state index is 0.859. The van der Waals surface area contributed by atoms with Crippen LogP contribution in [0.3, 0.4) is 0 Å². The van der Waals surface area contributed by atoms with Crippen LogP contribution in [0.4, 0.5) is 0 Å². The van der Waals surface area contributed by atoms with Crippen LogP contribution in [-0.4, -0.2) is 0 Å². The van der Waals surface area contributed by atoms with Crippen LogP contribution >= 0.6 is 11.3 Å². The topological polar surface area (TPSA) is 23.8 Å². The van der Waals surface area contributed by atoms with Crippen molar-refractivity contribution < 1.29 is 0 Å². The van der Waals surface area contributed by atoms with Gasteiger partial charge in [0.15, 0.2) is 0 Å². The fourth-order valence-electron chi connectivity index (χ4n) is 0.712. The number of nitriles is 1. The molecule has 0 bridgehead atoms. The summed E-state index contributed by atoms with van der Waals surface area (Å²) in [4.78, 5) is 0.859. The van der Waals surface area contributed by atoms with Crippen LogP contribution in [-0.2, 0) is 6.42 Å². The van der Waals surface area contributed by atoms with Crippen molar-refractivity contribution in [1.29, 1.82) is 5.26 Å². The van der Waals surface area contributed by atoms with Gasteiger partial charge < -0.3 is 0 Å². The van der Waals surface area contributed by atoms with E-state index in [-0.39, 0.29) is 0 Å². The Balaban J connectivity index is 3.02. The highest BCUT2D eigenvalue weighted by Crippen LogP contribution is 2.14. The predicted octanol–water partition coefficient (Wildman–Crippen LogP) is 2.18. The molecule has 0 radical (unpaired) electrons. The maximum Gasteiger partial charge on any atom is 0.110 e. The van der Waals surface area contributed by atoms with Crippen LogP contribution in [0.5, 0.6) is 0 Å². The molecular weight excluding hydrogens is 130 g/mol. The summed E-state index contributed by atoms with van der Waals surface area (Å²) in [7, 11) is 0. The first-order valence-corrected chi connectivity index (χ1v) is 3.73. The van der Waals surface area contributed by atoms with Gasteiger partial charge in [-0.1, -0.05) is 6.92 Å². The highest BCUT2D eigenvalue weighted by atomic mass is 32.1. The summed E-state index contributed by atoms with van der Waals surface area (Å²) in [6.07, 6.45) is 0.965. The molecule has 0 aliphatic rings. The van der Waals surface area contributed by atoms with Crippen molar-refractivity contribution in [2.24, 2.45) is 0 Å². The van der Waals surface area contributed by atoms with Gasteiger partial charge in [0.2, 0.25) is 0 Å². The molecule has 1 heterocycles. The summed E-state index contributed by atoms with van der Waals surface area (Å²) in [5, 5.41) is 10.5. The minimum Gasteiger partial charge on any atom is -0.192 e. The number of hydrogen-bond donors (Lipinski definition) is 0. The summed E-state index contributed by atoms with van der Waals surface area (Å²) in [6.45, 7) is 2.06. The fourth-order valence-corrected chi connectivity index (χ4v) is 1.50. The lowest BCUT2D eigenvalue weighted by molar-refractivity contribution is 1.15. The molecule has 0 aliphatic heterocycles. The molecule has 0 unspecified atom stereocenters. The average Bonchev–Trinajstić information content (AvgIpc) is 2.33. The van der Waals surface area contributed by atoms with Gasteiger partial charge in [0, 0.05) is 0 Å². The largest absolute Gasteiger partial charge is 0.192 e. The number of nitrogens with zero attached hydrogens (tertiary/aromatic N) is 1. The first-order chi connectivity index (χ1) is 4.38. The molecule has 0 N–H and O–H groups in total. The summed E-state index contributed by atoms with van der Waals surface area (Å²) >= 11 is 1.51. The molecule has 1 nitrogen and oxygen atoms in total. The van der Waals surface area contributed by atoms with E-state index in [2.05, 4.69) is 13.0 Å². The number of rotatable bonds is 1. The Morgan fingerprint density at radius 1 is 1.78 bits per heavy atom. The molecule has 0 fully saturated rings. The van der Waals surface area contributed by atoms with Crippen molar-refractivity contribution in [3.05, 3.63) is 21.9 Å². The van der Waals surface area contributed by atoms with Crippen LogP contribution in [0.15, 0.2) is 11.4 Å². The van der Waals surface area contributed by atoms with Crippen LogP contribution in [0.25, 0.3) is 0 Å². The van der Waals surface area contributed by atoms with Gasteiger partial charge in [0.1, 0.15) is 10.9 Å². The molecule has 0 atom stereocenters. The molecule has 46 valence electrons. The van der Waals surface area contributed by atoms with Gasteiger partial charge in [-0.25, -0.2) is 0 Å². The maximum atomic E-state index is 8.50. The SMILES string of the molecule is CCc1ccsc1C#N. The fraction of sp³-hybridized carbons (Fsp3) is 0.286. The van der Waals surface area contributed by atoms with Gasteiger partial charge in [-0.2, -0.15) is 5.26 Å². The Labute approximate surface area is 58.6 Å². The van der Waals surface area contributed by atoms with Crippen LogP contribution in [0, 0.1) is 11.3 Å². The standard InChI is InChI=1S/C7H7NS/c1-2-6-3-4-9-7(6)5-8/h3-4H,2H2,1H3. The second kappa shape index (κ2) is 2.65. The van der Waals surface area contributed by atoms with Gasteiger partial charge in [0.05, 0.1) is 0 Å². The summed E-state index contributed by atoms with van der Waals surface area (Å²) < 4.78 is 0.